The van der Waals surface area contributed by atoms with Crippen molar-refractivity contribution in [3.05, 3.63) is 65.7 Å². The lowest BCUT2D eigenvalue weighted by Gasteiger charge is -2.08. The molecule has 0 saturated heterocycles. The number of hydrogen-bond donors (Lipinski definition) is 1. The van der Waals surface area contributed by atoms with Crippen molar-refractivity contribution in [2.75, 3.05) is 19.8 Å². The molecule has 0 aliphatic heterocycles. The van der Waals surface area contributed by atoms with E-state index in [0.29, 0.717) is 13.0 Å². The molecule has 0 aliphatic rings. The summed E-state index contributed by atoms with van der Waals surface area (Å²) in [4.78, 5) is 0. The highest BCUT2D eigenvalue weighted by atomic mass is 19.1. The predicted octanol–water partition coefficient (Wildman–Crippen LogP) is 3.76. The Balaban J connectivity index is 1.71. The van der Waals surface area contributed by atoms with Gasteiger partial charge in [-0.1, -0.05) is 42.5 Å². The van der Waals surface area contributed by atoms with Crippen molar-refractivity contribution in [2.24, 2.45) is 0 Å². The van der Waals surface area contributed by atoms with E-state index in [0.717, 1.165) is 25.3 Å². The maximum atomic E-state index is 11.9. The molecular formula is C18H22FNO. The van der Waals surface area contributed by atoms with Crippen LogP contribution in [0.1, 0.15) is 17.5 Å². The van der Waals surface area contributed by atoms with Gasteiger partial charge in [0, 0.05) is 0 Å². The lowest BCUT2D eigenvalue weighted by atomic mass is 10.1. The Bertz CT molecular complexity index is 498. The lowest BCUT2D eigenvalue weighted by molar-refractivity contribution is 0.306. The van der Waals surface area contributed by atoms with Crippen molar-refractivity contribution in [2.45, 2.75) is 19.4 Å². The molecule has 0 spiro atoms. The summed E-state index contributed by atoms with van der Waals surface area (Å²) in [6.45, 7) is 1.96. The van der Waals surface area contributed by atoms with Crippen molar-refractivity contribution in [3.63, 3.8) is 0 Å². The topological polar surface area (TPSA) is 21.3 Å². The number of rotatable bonds is 9. The molecule has 2 nitrogen and oxygen atoms in total. The minimum absolute atomic E-state index is 0.250. The quantitative estimate of drug-likeness (QED) is 0.709. The first kappa shape index (κ1) is 15.5. The molecule has 0 atom stereocenters. The summed E-state index contributed by atoms with van der Waals surface area (Å²) in [7, 11) is 0. The van der Waals surface area contributed by atoms with Gasteiger partial charge in [-0.15, -0.1) is 0 Å². The molecule has 0 aromatic heterocycles. The van der Waals surface area contributed by atoms with Gasteiger partial charge in [0.05, 0.1) is 6.67 Å². The van der Waals surface area contributed by atoms with E-state index in [-0.39, 0.29) is 6.67 Å². The fraction of sp³-hybridized carbons (Fsp3) is 0.333. The summed E-state index contributed by atoms with van der Waals surface area (Å²) in [6, 6.07) is 18.3. The van der Waals surface area contributed by atoms with Crippen LogP contribution < -0.4 is 10.1 Å². The summed E-state index contributed by atoms with van der Waals surface area (Å²) in [5, 5.41) is 3.22. The molecule has 0 bridgehead atoms. The van der Waals surface area contributed by atoms with Crippen molar-refractivity contribution >= 4 is 0 Å². The highest BCUT2D eigenvalue weighted by molar-refractivity contribution is 5.28. The Morgan fingerprint density at radius 3 is 2.33 bits per heavy atom. The highest BCUT2D eigenvalue weighted by Crippen LogP contribution is 2.14. The Morgan fingerprint density at radius 2 is 1.62 bits per heavy atom. The van der Waals surface area contributed by atoms with E-state index in [1.54, 1.807) is 0 Å². The Hall–Kier alpha value is -1.87. The number of nitrogens with one attached hydrogen (secondary N) is 1. The molecule has 0 fully saturated rings. The molecular weight excluding hydrogens is 265 g/mol. The number of alkyl halides is 1. The van der Waals surface area contributed by atoms with Crippen LogP contribution in [-0.2, 0) is 13.0 Å². The van der Waals surface area contributed by atoms with Gasteiger partial charge >= 0.3 is 0 Å². The van der Waals surface area contributed by atoms with E-state index in [1.165, 1.54) is 11.1 Å². The normalized spacial score (nSPS) is 10.5. The van der Waals surface area contributed by atoms with E-state index in [1.807, 2.05) is 30.3 Å². The van der Waals surface area contributed by atoms with Crippen molar-refractivity contribution in [1.29, 1.82) is 0 Å². The van der Waals surface area contributed by atoms with Crippen LogP contribution in [0, 0.1) is 0 Å². The third-order valence-electron chi connectivity index (χ3n) is 3.25. The molecule has 0 aliphatic carbocycles. The zero-order chi connectivity index (χ0) is 14.8. The van der Waals surface area contributed by atoms with Crippen LogP contribution in [0.15, 0.2) is 54.6 Å². The molecule has 112 valence electrons. The molecule has 0 radical (unpaired) electrons. The van der Waals surface area contributed by atoms with Gasteiger partial charge in [-0.3, -0.25) is 4.39 Å². The minimum Gasteiger partial charge on any atom is -0.489 e. The molecule has 21 heavy (non-hydrogen) atoms. The third-order valence-corrected chi connectivity index (χ3v) is 3.25. The molecule has 2 rings (SSSR count). The smallest absolute Gasteiger partial charge is 0.119 e. The van der Waals surface area contributed by atoms with Gasteiger partial charge < -0.3 is 10.1 Å². The monoisotopic (exact) mass is 287 g/mol. The first-order chi connectivity index (χ1) is 10.4. The van der Waals surface area contributed by atoms with Gasteiger partial charge in [-0.05, 0) is 49.2 Å². The third kappa shape index (κ3) is 5.96. The zero-order valence-corrected chi connectivity index (χ0v) is 12.2. The van der Waals surface area contributed by atoms with Gasteiger partial charge in [0.1, 0.15) is 12.4 Å². The first-order valence-corrected chi connectivity index (χ1v) is 7.41. The van der Waals surface area contributed by atoms with Crippen LogP contribution in [0.5, 0.6) is 5.75 Å². The van der Waals surface area contributed by atoms with Gasteiger partial charge in [-0.25, -0.2) is 0 Å². The second-order valence-corrected chi connectivity index (χ2v) is 4.96. The van der Waals surface area contributed by atoms with Crippen molar-refractivity contribution in [1.82, 2.24) is 5.32 Å². The predicted molar refractivity (Wildman–Crippen MR) is 84.4 cm³/mol. The van der Waals surface area contributed by atoms with Gasteiger partial charge in [0.25, 0.3) is 0 Å². The molecule has 0 amide bonds. The maximum absolute atomic E-state index is 11.9. The fourth-order valence-electron chi connectivity index (χ4n) is 2.04. The fourth-order valence-corrected chi connectivity index (χ4v) is 2.04. The van der Waals surface area contributed by atoms with Crippen LogP contribution in [0.4, 0.5) is 4.39 Å². The molecule has 2 aromatic carbocycles. The summed E-state index contributed by atoms with van der Waals surface area (Å²) in [5.74, 6) is 0.882. The second kappa shape index (κ2) is 9.14. The first-order valence-electron chi connectivity index (χ1n) is 7.41. The summed E-state index contributed by atoms with van der Waals surface area (Å²) >= 11 is 0. The van der Waals surface area contributed by atoms with Crippen LogP contribution in [0.25, 0.3) is 0 Å². The van der Waals surface area contributed by atoms with Crippen LogP contribution in [-0.4, -0.2) is 19.8 Å². The number of benzene rings is 2. The summed E-state index contributed by atoms with van der Waals surface area (Å²) in [5.41, 5.74) is 2.42. The zero-order valence-electron chi connectivity index (χ0n) is 12.2. The second-order valence-electron chi connectivity index (χ2n) is 4.96. The SMILES string of the molecule is FCCCNCCc1ccc(OCc2ccccc2)cc1. The van der Waals surface area contributed by atoms with Gasteiger partial charge in [-0.2, -0.15) is 0 Å². The molecule has 1 N–H and O–H groups in total. The van der Waals surface area contributed by atoms with Crippen molar-refractivity contribution < 1.29 is 9.13 Å². The molecule has 0 heterocycles. The average Bonchev–Trinajstić information content (AvgIpc) is 2.55. The average molecular weight is 287 g/mol. The number of hydrogen-bond acceptors (Lipinski definition) is 2. The van der Waals surface area contributed by atoms with Gasteiger partial charge in [0.2, 0.25) is 0 Å². The summed E-state index contributed by atoms with van der Waals surface area (Å²) < 4.78 is 17.7. The van der Waals surface area contributed by atoms with Gasteiger partial charge in [0.15, 0.2) is 0 Å². The number of ether oxygens (including phenoxy) is 1. The number of halogens is 1. The Kier molecular flexibility index (Phi) is 6.75. The Labute approximate surface area is 126 Å². The Morgan fingerprint density at radius 1 is 0.857 bits per heavy atom. The van der Waals surface area contributed by atoms with E-state index in [9.17, 15) is 4.39 Å². The largest absolute Gasteiger partial charge is 0.489 e. The molecule has 3 heteroatoms. The standard InChI is InChI=1S/C18H22FNO/c19-12-4-13-20-14-11-16-7-9-18(10-8-16)21-15-17-5-2-1-3-6-17/h1-3,5-10,20H,4,11-15H2. The maximum Gasteiger partial charge on any atom is 0.119 e. The highest BCUT2D eigenvalue weighted by Gasteiger charge is 1.97. The molecule has 0 unspecified atom stereocenters. The van der Waals surface area contributed by atoms with E-state index in [2.05, 4.69) is 29.6 Å². The van der Waals surface area contributed by atoms with Crippen LogP contribution in [0.2, 0.25) is 0 Å². The molecule has 0 saturated carbocycles. The van der Waals surface area contributed by atoms with Crippen LogP contribution >= 0.6 is 0 Å². The van der Waals surface area contributed by atoms with Crippen LogP contribution in [0.3, 0.4) is 0 Å². The van der Waals surface area contributed by atoms with Crippen molar-refractivity contribution in [3.8, 4) is 5.75 Å². The lowest BCUT2D eigenvalue weighted by Crippen LogP contribution is -2.18. The van der Waals surface area contributed by atoms with E-state index < -0.39 is 0 Å². The summed E-state index contributed by atoms with van der Waals surface area (Å²) in [6.07, 6.45) is 1.54. The molecule has 2 aromatic rings. The van der Waals surface area contributed by atoms with E-state index in [4.69, 9.17) is 4.74 Å². The minimum atomic E-state index is -0.250. The van der Waals surface area contributed by atoms with E-state index >= 15 is 0 Å².